The molecule has 2 amide bonds. The van der Waals surface area contributed by atoms with Gasteiger partial charge in [0.2, 0.25) is 11.8 Å². The van der Waals surface area contributed by atoms with E-state index >= 15 is 0 Å². The number of aryl methyl sites for hydroxylation is 1. The minimum absolute atomic E-state index is 0.0200. The maximum absolute atomic E-state index is 12.1. The quantitative estimate of drug-likeness (QED) is 0.869. The number of primary amides is 1. The van der Waals surface area contributed by atoms with Crippen LogP contribution in [0.15, 0.2) is 10.2 Å². The molecule has 1 fully saturated rings. The van der Waals surface area contributed by atoms with E-state index in [0.29, 0.717) is 19.6 Å². The first kappa shape index (κ1) is 14.8. The minimum atomic E-state index is -0.340. The monoisotopic (exact) mass is 297 g/mol. The summed E-state index contributed by atoms with van der Waals surface area (Å²) in [6.07, 6.45) is 1.84. The fourth-order valence-electron chi connectivity index (χ4n) is 2.48. The highest BCUT2D eigenvalue weighted by Crippen LogP contribution is 2.17. The fraction of sp³-hybridized carbons (Fsp3) is 0.615. The molecule has 2 heterocycles. The number of aromatic nitrogens is 1. The zero-order valence-corrected chi connectivity index (χ0v) is 12.3. The van der Waals surface area contributed by atoms with Crippen LogP contribution < -0.4 is 10.6 Å². The van der Waals surface area contributed by atoms with Gasteiger partial charge < -0.3 is 15.2 Å². The van der Waals surface area contributed by atoms with Gasteiger partial charge in [0.25, 0.3) is 0 Å². The van der Waals surface area contributed by atoms with Crippen molar-refractivity contribution in [2.24, 2.45) is 11.7 Å². The van der Waals surface area contributed by atoms with Crippen molar-refractivity contribution in [2.75, 3.05) is 13.1 Å². The molecular formula is C13H19N3O3S. The maximum Gasteiger partial charge on any atom is 0.307 e. The maximum atomic E-state index is 12.1. The summed E-state index contributed by atoms with van der Waals surface area (Å²) in [6.45, 7) is 3.32. The summed E-state index contributed by atoms with van der Waals surface area (Å²) in [4.78, 5) is 36.6. The van der Waals surface area contributed by atoms with E-state index in [-0.39, 0.29) is 29.0 Å². The first-order chi connectivity index (χ1) is 9.49. The Hall–Kier alpha value is -1.63. The van der Waals surface area contributed by atoms with Crippen LogP contribution in [0.5, 0.6) is 0 Å². The summed E-state index contributed by atoms with van der Waals surface area (Å²) < 4.78 is 1.61. The van der Waals surface area contributed by atoms with E-state index in [0.717, 1.165) is 29.9 Å². The summed E-state index contributed by atoms with van der Waals surface area (Å²) in [5, 5.41) is 1.79. The van der Waals surface area contributed by atoms with Crippen molar-refractivity contribution in [1.82, 2.24) is 9.47 Å². The molecule has 2 rings (SSSR count). The van der Waals surface area contributed by atoms with Crippen LogP contribution in [-0.2, 0) is 16.1 Å². The smallest absolute Gasteiger partial charge is 0.307 e. The molecule has 6 nitrogen and oxygen atoms in total. The Balaban J connectivity index is 1.92. The molecule has 1 saturated heterocycles. The summed E-state index contributed by atoms with van der Waals surface area (Å²) >= 11 is 1.14. The lowest BCUT2D eigenvalue weighted by Crippen LogP contribution is -2.44. The first-order valence-electron chi connectivity index (χ1n) is 6.71. The standard InChI is InChI=1S/C13H19N3O3S/c1-9-8-20-13(19)16(9)6-4-11(17)15-5-2-3-10(7-15)12(14)18/h8,10H,2-7H2,1H3,(H2,14,18)/t10-/m1/s1. The summed E-state index contributed by atoms with van der Waals surface area (Å²) in [6, 6.07) is 0. The molecule has 0 unspecified atom stereocenters. The van der Waals surface area contributed by atoms with Crippen LogP contribution in [-0.4, -0.2) is 34.4 Å². The molecule has 0 aliphatic carbocycles. The van der Waals surface area contributed by atoms with Crippen LogP contribution in [0.3, 0.4) is 0 Å². The highest BCUT2D eigenvalue weighted by atomic mass is 32.1. The van der Waals surface area contributed by atoms with Crippen LogP contribution in [0.25, 0.3) is 0 Å². The van der Waals surface area contributed by atoms with Crippen LogP contribution in [0.1, 0.15) is 25.0 Å². The van der Waals surface area contributed by atoms with E-state index in [1.165, 1.54) is 0 Å². The van der Waals surface area contributed by atoms with Crippen molar-refractivity contribution >= 4 is 23.2 Å². The van der Waals surface area contributed by atoms with Gasteiger partial charge in [-0.25, -0.2) is 0 Å². The number of nitrogens with two attached hydrogens (primary N) is 1. The van der Waals surface area contributed by atoms with E-state index in [1.54, 1.807) is 14.8 Å². The van der Waals surface area contributed by atoms with Gasteiger partial charge in [-0.05, 0) is 19.8 Å². The van der Waals surface area contributed by atoms with Crippen molar-refractivity contribution < 1.29 is 9.59 Å². The molecular weight excluding hydrogens is 278 g/mol. The summed E-state index contributed by atoms with van der Waals surface area (Å²) in [5.41, 5.74) is 6.18. The lowest BCUT2D eigenvalue weighted by molar-refractivity contribution is -0.135. The number of hydrogen-bond acceptors (Lipinski definition) is 4. The molecule has 1 aromatic heterocycles. The van der Waals surface area contributed by atoms with Gasteiger partial charge in [-0.2, -0.15) is 0 Å². The average Bonchev–Trinajstić information content (AvgIpc) is 2.75. The molecule has 0 bridgehead atoms. The summed E-state index contributed by atoms with van der Waals surface area (Å²) in [5.74, 6) is -0.598. The Morgan fingerprint density at radius 2 is 2.25 bits per heavy atom. The number of carbonyl (C=O) groups is 2. The fourth-order valence-corrected chi connectivity index (χ4v) is 3.24. The number of hydrogen-bond donors (Lipinski definition) is 1. The molecule has 1 aliphatic heterocycles. The highest BCUT2D eigenvalue weighted by molar-refractivity contribution is 7.07. The molecule has 2 N–H and O–H groups in total. The van der Waals surface area contributed by atoms with Crippen molar-refractivity contribution in [3.05, 3.63) is 20.7 Å². The topological polar surface area (TPSA) is 85.4 Å². The second-order valence-electron chi connectivity index (χ2n) is 5.13. The average molecular weight is 297 g/mol. The van der Waals surface area contributed by atoms with Gasteiger partial charge >= 0.3 is 4.87 Å². The highest BCUT2D eigenvalue weighted by Gasteiger charge is 2.26. The largest absolute Gasteiger partial charge is 0.369 e. The predicted molar refractivity (Wildman–Crippen MR) is 76.4 cm³/mol. The lowest BCUT2D eigenvalue weighted by Gasteiger charge is -2.31. The van der Waals surface area contributed by atoms with E-state index in [4.69, 9.17) is 5.73 Å². The molecule has 7 heteroatoms. The molecule has 0 radical (unpaired) electrons. The number of nitrogens with zero attached hydrogens (tertiary/aromatic N) is 2. The second-order valence-corrected chi connectivity index (χ2v) is 5.95. The first-order valence-corrected chi connectivity index (χ1v) is 7.59. The zero-order chi connectivity index (χ0) is 14.7. The Kier molecular flexibility index (Phi) is 4.59. The van der Waals surface area contributed by atoms with Crippen LogP contribution in [0.2, 0.25) is 0 Å². The lowest BCUT2D eigenvalue weighted by atomic mass is 9.97. The number of amides is 2. The van der Waals surface area contributed by atoms with Crippen molar-refractivity contribution in [1.29, 1.82) is 0 Å². The normalized spacial score (nSPS) is 19.1. The van der Waals surface area contributed by atoms with Gasteiger partial charge in [-0.3, -0.25) is 14.4 Å². The summed E-state index contributed by atoms with van der Waals surface area (Å²) in [7, 11) is 0. The molecule has 110 valence electrons. The second kappa shape index (κ2) is 6.21. The molecule has 1 atom stereocenters. The number of thiazole rings is 1. The third-order valence-electron chi connectivity index (χ3n) is 3.70. The number of piperidine rings is 1. The van der Waals surface area contributed by atoms with Gasteiger partial charge in [-0.1, -0.05) is 11.3 Å². The molecule has 0 spiro atoms. The SMILES string of the molecule is Cc1csc(=O)n1CCC(=O)N1CCC[C@@H](C(N)=O)C1. The Labute approximate surface area is 121 Å². The van der Waals surface area contributed by atoms with E-state index in [1.807, 2.05) is 6.92 Å². The molecule has 0 saturated carbocycles. The van der Waals surface area contributed by atoms with Crippen molar-refractivity contribution in [2.45, 2.75) is 32.7 Å². The molecule has 0 aromatic carbocycles. The number of likely N-dealkylation sites (tertiary alicyclic amines) is 1. The Morgan fingerprint density at radius 3 is 2.85 bits per heavy atom. The van der Waals surface area contributed by atoms with Crippen LogP contribution >= 0.6 is 11.3 Å². The zero-order valence-electron chi connectivity index (χ0n) is 11.5. The third kappa shape index (κ3) is 3.27. The van der Waals surface area contributed by atoms with Gasteiger partial charge in [0.1, 0.15) is 0 Å². The minimum Gasteiger partial charge on any atom is -0.369 e. The van der Waals surface area contributed by atoms with Gasteiger partial charge in [0.05, 0.1) is 5.92 Å². The van der Waals surface area contributed by atoms with Gasteiger partial charge in [0, 0.05) is 37.1 Å². The van der Waals surface area contributed by atoms with Crippen molar-refractivity contribution in [3.63, 3.8) is 0 Å². The number of rotatable bonds is 4. The van der Waals surface area contributed by atoms with E-state index in [9.17, 15) is 14.4 Å². The van der Waals surface area contributed by atoms with Gasteiger partial charge in [-0.15, -0.1) is 0 Å². The van der Waals surface area contributed by atoms with E-state index < -0.39 is 0 Å². The van der Waals surface area contributed by atoms with E-state index in [2.05, 4.69) is 0 Å². The van der Waals surface area contributed by atoms with Crippen molar-refractivity contribution in [3.8, 4) is 0 Å². The Morgan fingerprint density at radius 1 is 1.50 bits per heavy atom. The molecule has 20 heavy (non-hydrogen) atoms. The van der Waals surface area contributed by atoms with Crippen LogP contribution in [0, 0.1) is 12.8 Å². The predicted octanol–water partition coefficient (Wildman–Crippen LogP) is 0.332. The van der Waals surface area contributed by atoms with Crippen LogP contribution in [0.4, 0.5) is 0 Å². The molecule has 1 aliphatic rings. The number of carbonyl (C=O) groups excluding carboxylic acids is 2. The van der Waals surface area contributed by atoms with Gasteiger partial charge in [0.15, 0.2) is 0 Å². The molecule has 1 aromatic rings. The Bertz CT molecular complexity index is 563. The third-order valence-corrected chi connectivity index (χ3v) is 4.58.